The average Bonchev–Trinajstić information content (AvgIpc) is 2.55. The van der Waals surface area contributed by atoms with Gasteiger partial charge in [0, 0.05) is 29.9 Å². The van der Waals surface area contributed by atoms with E-state index < -0.39 is 0 Å². The van der Waals surface area contributed by atoms with Crippen LogP contribution in [0.3, 0.4) is 0 Å². The third-order valence-corrected chi connectivity index (χ3v) is 4.61. The van der Waals surface area contributed by atoms with Gasteiger partial charge in [-0.2, -0.15) is 0 Å². The number of rotatable bonds is 3. The number of fused-ring (bicyclic) bond motifs is 1. The van der Waals surface area contributed by atoms with Crippen LogP contribution in [-0.4, -0.2) is 10.4 Å². The molecule has 0 amide bonds. The van der Waals surface area contributed by atoms with E-state index in [0.29, 0.717) is 24.0 Å². The Morgan fingerprint density at radius 2 is 1.89 bits per heavy atom. The van der Waals surface area contributed by atoms with Crippen LogP contribution in [0.4, 0.5) is 0 Å². The normalized spacial score (nSPS) is 19.6. The molecule has 0 aromatic carbocycles. The fourth-order valence-corrected chi connectivity index (χ4v) is 2.96. The molecule has 0 fully saturated rings. The Balaban J connectivity index is 2.39. The molecule has 19 heavy (non-hydrogen) atoms. The van der Waals surface area contributed by atoms with Crippen molar-refractivity contribution in [2.45, 2.75) is 60.9 Å². The SMILES string of the molecule is Cc1cc2c(n1CC(C)C(C)C)CC(C)(C)CC2=O. The molecule has 1 aliphatic carbocycles. The van der Waals surface area contributed by atoms with Gasteiger partial charge in [-0.05, 0) is 36.7 Å². The summed E-state index contributed by atoms with van der Waals surface area (Å²) in [5.74, 6) is 1.63. The van der Waals surface area contributed by atoms with Crippen molar-refractivity contribution in [2.75, 3.05) is 0 Å². The molecule has 0 spiro atoms. The van der Waals surface area contributed by atoms with Crippen LogP contribution in [-0.2, 0) is 13.0 Å². The molecule has 0 saturated carbocycles. The summed E-state index contributed by atoms with van der Waals surface area (Å²) in [6.45, 7) is 14.4. The van der Waals surface area contributed by atoms with Crippen molar-refractivity contribution in [1.29, 1.82) is 0 Å². The lowest BCUT2D eigenvalue weighted by Crippen LogP contribution is -2.29. The van der Waals surface area contributed by atoms with Gasteiger partial charge in [0.1, 0.15) is 0 Å². The summed E-state index contributed by atoms with van der Waals surface area (Å²) in [5.41, 5.74) is 3.59. The minimum Gasteiger partial charge on any atom is -0.348 e. The fraction of sp³-hybridized carbons (Fsp3) is 0.706. The van der Waals surface area contributed by atoms with Crippen LogP contribution in [0.15, 0.2) is 6.07 Å². The third kappa shape index (κ3) is 2.77. The van der Waals surface area contributed by atoms with Crippen molar-refractivity contribution >= 4 is 5.78 Å². The smallest absolute Gasteiger partial charge is 0.165 e. The predicted molar refractivity (Wildman–Crippen MR) is 79.6 cm³/mol. The van der Waals surface area contributed by atoms with Crippen molar-refractivity contribution < 1.29 is 4.79 Å². The number of nitrogens with zero attached hydrogens (tertiary/aromatic N) is 1. The first-order chi connectivity index (χ1) is 8.71. The van der Waals surface area contributed by atoms with Gasteiger partial charge in [0.2, 0.25) is 0 Å². The molecule has 1 heterocycles. The molecule has 106 valence electrons. The number of aromatic nitrogens is 1. The van der Waals surface area contributed by atoms with E-state index in [4.69, 9.17) is 0 Å². The zero-order chi connectivity index (χ0) is 14.4. The highest BCUT2D eigenvalue weighted by Gasteiger charge is 2.34. The van der Waals surface area contributed by atoms with Gasteiger partial charge in [-0.3, -0.25) is 4.79 Å². The number of hydrogen-bond acceptors (Lipinski definition) is 1. The third-order valence-electron chi connectivity index (χ3n) is 4.61. The monoisotopic (exact) mass is 261 g/mol. The highest BCUT2D eigenvalue weighted by Crippen LogP contribution is 2.36. The van der Waals surface area contributed by atoms with Gasteiger partial charge in [0.05, 0.1) is 0 Å². The van der Waals surface area contributed by atoms with E-state index in [0.717, 1.165) is 18.5 Å². The van der Waals surface area contributed by atoms with Gasteiger partial charge in [-0.1, -0.05) is 34.6 Å². The highest BCUT2D eigenvalue weighted by atomic mass is 16.1. The summed E-state index contributed by atoms with van der Waals surface area (Å²) < 4.78 is 2.39. The molecule has 2 nitrogen and oxygen atoms in total. The van der Waals surface area contributed by atoms with Gasteiger partial charge in [-0.25, -0.2) is 0 Å². The van der Waals surface area contributed by atoms with Gasteiger partial charge >= 0.3 is 0 Å². The first kappa shape index (κ1) is 14.4. The van der Waals surface area contributed by atoms with Crippen LogP contribution >= 0.6 is 0 Å². The number of Topliss-reactive ketones (excluding diaryl/α,β-unsaturated/α-hetero) is 1. The van der Waals surface area contributed by atoms with E-state index in [9.17, 15) is 4.79 Å². The van der Waals surface area contributed by atoms with Crippen LogP contribution in [0.5, 0.6) is 0 Å². The van der Waals surface area contributed by atoms with Crippen molar-refractivity contribution in [3.8, 4) is 0 Å². The summed E-state index contributed by atoms with van der Waals surface area (Å²) in [6.07, 6.45) is 1.70. The first-order valence-corrected chi connectivity index (χ1v) is 7.43. The highest BCUT2D eigenvalue weighted by molar-refractivity contribution is 5.99. The van der Waals surface area contributed by atoms with Gasteiger partial charge in [0.15, 0.2) is 5.78 Å². The van der Waals surface area contributed by atoms with Crippen LogP contribution in [0.25, 0.3) is 0 Å². The lowest BCUT2D eigenvalue weighted by molar-refractivity contribution is 0.0909. The van der Waals surface area contributed by atoms with E-state index in [1.54, 1.807) is 0 Å². The molecule has 1 unspecified atom stereocenters. The Hall–Kier alpha value is -1.05. The maximum atomic E-state index is 12.3. The average molecular weight is 261 g/mol. The summed E-state index contributed by atoms with van der Waals surface area (Å²) >= 11 is 0. The van der Waals surface area contributed by atoms with Crippen molar-refractivity contribution in [2.24, 2.45) is 17.3 Å². The van der Waals surface area contributed by atoms with Crippen LogP contribution < -0.4 is 0 Å². The molecule has 0 N–H and O–H groups in total. The topological polar surface area (TPSA) is 22.0 Å². The summed E-state index contributed by atoms with van der Waals surface area (Å²) in [5, 5.41) is 0. The first-order valence-electron chi connectivity index (χ1n) is 7.43. The summed E-state index contributed by atoms with van der Waals surface area (Å²) in [7, 11) is 0. The standard InChI is InChI=1S/C17H27NO/c1-11(2)12(3)10-18-13(4)7-14-15(18)8-17(5,6)9-16(14)19/h7,11-12H,8-10H2,1-6H3. The number of carbonyl (C=O) groups excluding carboxylic acids is 1. The molecular weight excluding hydrogens is 234 g/mol. The minimum absolute atomic E-state index is 0.105. The molecule has 2 heteroatoms. The van der Waals surface area contributed by atoms with Crippen molar-refractivity contribution in [1.82, 2.24) is 4.57 Å². The molecule has 1 aromatic rings. The number of ketones is 1. The van der Waals surface area contributed by atoms with Crippen LogP contribution in [0.1, 0.15) is 62.8 Å². The molecule has 0 saturated heterocycles. The number of carbonyl (C=O) groups is 1. The minimum atomic E-state index is 0.105. The summed E-state index contributed by atoms with van der Waals surface area (Å²) in [6, 6.07) is 2.10. The zero-order valence-corrected chi connectivity index (χ0v) is 13.2. The van der Waals surface area contributed by atoms with Crippen molar-refractivity contribution in [3.63, 3.8) is 0 Å². The van der Waals surface area contributed by atoms with Gasteiger partial charge in [0.25, 0.3) is 0 Å². The molecule has 2 rings (SSSR count). The second-order valence-electron chi connectivity index (χ2n) is 7.42. The molecule has 0 aliphatic heterocycles. The van der Waals surface area contributed by atoms with E-state index >= 15 is 0 Å². The Bertz CT molecular complexity index is 494. The zero-order valence-electron chi connectivity index (χ0n) is 13.2. The Morgan fingerprint density at radius 3 is 2.47 bits per heavy atom. The van der Waals surface area contributed by atoms with Crippen LogP contribution in [0, 0.1) is 24.2 Å². The quantitative estimate of drug-likeness (QED) is 0.797. The predicted octanol–water partition coefficient (Wildman–Crippen LogP) is 4.24. The lowest BCUT2D eigenvalue weighted by Gasteiger charge is -2.30. The van der Waals surface area contributed by atoms with Crippen molar-refractivity contribution in [3.05, 3.63) is 23.0 Å². The second kappa shape index (κ2) is 4.81. The van der Waals surface area contributed by atoms with E-state index in [-0.39, 0.29) is 5.41 Å². The van der Waals surface area contributed by atoms with Gasteiger partial charge in [-0.15, -0.1) is 0 Å². The molecular formula is C17H27NO. The van der Waals surface area contributed by atoms with Crippen LogP contribution in [0.2, 0.25) is 0 Å². The Labute approximate surface area is 117 Å². The molecule has 0 bridgehead atoms. The number of aryl methyl sites for hydroxylation is 1. The molecule has 1 atom stereocenters. The Kier molecular flexibility index (Phi) is 3.63. The van der Waals surface area contributed by atoms with E-state index in [1.807, 2.05) is 0 Å². The molecule has 1 aliphatic rings. The van der Waals surface area contributed by atoms with E-state index in [1.165, 1.54) is 11.4 Å². The summed E-state index contributed by atoms with van der Waals surface area (Å²) in [4.78, 5) is 12.3. The maximum absolute atomic E-state index is 12.3. The maximum Gasteiger partial charge on any atom is 0.165 e. The molecule has 0 radical (unpaired) electrons. The Morgan fingerprint density at radius 1 is 1.26 bits per heavy atom. The lowest BCUT2D eigenvalue weighted by atomic mass is 9.76. The second-order valence-corrected chi connectivity index (χ2v) is 7.42. The number of hydrogen-bond donors (Lipinski definition) is 0. The van der Waals surface area contributed by atoms with E-state index in [2.05, 4.69) is 52.2 Å². The largest absolute Gasteiger partial charge is 0.348 e. The molecule has 1 aromatic heterocycles. The van der Waals surface area contributed by atoms with Gasteiger partial charge < -0.3 is 4.57 Å². The fourth-order valence-electron chi connectivity index (χ4n) is 2.96.